The number of likely N-dealkylation sites (N-methyl/N-ethyl adjacent to an activating group) is 1. The number of hydrogen-bond donors (Lipinski definition) is 0. The molecule has 2 fully saturated rings. The van der Waals surface area contributed by atoms with Crippen LogP contribution in [0.3, 0.4) is 0 Å². The molecule has 0 radical (unpaired) electrons. The molecule has 186 valence electrons. The standard InChI is InChI=1S/C9H19N.C8H18N2.C6H10N2O.2CH4/c1-8(2)6-10-5-4-9(3)7-10;1-8(2)10-6-4-9(3)5-7-10;1-4(2)6-8-7-5(3)9-6;;/h8-9H,4-7H2,1-3H3;8H,4-7H2,1-3H3;4H,1-3H3;2*1H4. The van der Waals surface area contributed by atoms with E-state index in [1.807, 2.05) is 13.8 Å². The maximum Gasteiger partial charge on any atom is 0.219 e. The molecule has 0 spiro atoms. The van der Waals surface area contributed by atoms with Gasteiger partial charge in [0, 0.05) is 58.2 Å². The molecule has 3 heterocycles. The summed E-state index contributed by atoms with van der Waals surface area (Å²) in [5.41, 5.74) is 0. The topological polar surface area (TPSA) is 48.6 Å². The predicted octanol–water partition coefficient (Wildman–Crippen LogP) is 5.40. The second-order valence-corrected chi connectivity index (χ2v) is 9.79. The van der Waals surface area contributed by atoms with Crippen molar-refractivity contribution in [1.82, 2.24) is 24.9 Å². The Morgan fingerprint density at radius 1 is 0.935 bits per heavy atom. The van der Waals surface area contributed by atoms with Gasteiger partial charge >= 0.3 is 0 Å². The lowest BCUT2D eigenvalue weighted by molar-refractivity contribution is 0.126. The van der Waals surface area contributed by atoms with Crippen molar-refractivity contribution >= 4 is 0 Å². The van der Waals surface area contributed by atoms with Gasteiger partial charge in [0.25, 0.3) is 0 Å². The lowest BCUT2D eigenvalue weighted by Gasteiger charge is -2.34. The van der Waals surface area contributed by atoms with E-state index in [2.05, 4.69) is 66.6 Å². The summed E-state index contributed by atoms with van der Waals surface area (Å²) >= 11 is 0. The minimum Gasteiger partial charge on any atom is -0.425 e. The molecule has 2 saturated heterocycles. The zero-order valence-corrected chi connectivity index (χ0v) is 20.6. The molecule has 0 bridgehead atoms. The number of aromatic nitrogens is 2. The smallest absolute Gasteiger partial charge is 0.219 e. The lowest BCUT2D eigenvalue weighted by Crippen LogP contribution is -2.47. The van der Waals surface area contributed by atoms with E-state index in [9.17, 15) is 0 Å². The monoisotopic (exact) mass is 441 g/mol. The molecule has 3 rings (SSSR count). The van der Waals surface area contributed by atoms with E-state index in [0.29, 0.717) is 17.7 Å². The third kappa shape index (κ3) is 13.9. The summed E-state index contributed by atoms with van der Waals surface area (Å²) in [5.74, 6) is 3.47. The molecule has 31 heavy (non-hydrogen) atoms. The quantitative estimate of drug-likeness (QED) is 0.623. The van der Waals surface area contributed by atoms with Gasteiger partial charge in [-0.2, -0.15) is 0 Å². The second kappa shape index (κ2) is 16.6. The van der Waals surface area contributed by atoms with Crippen LogP contribution in [-0.4, -0.2) is 83.8 Å². The highest BCUT2D eigenvalue weighted by molar-refractivity contribution is 4.84. The number of aryl methyl sites for hydroxylation is 1. The maximum absolute atomic E-state index is 5.12. The molecule has 6 heteroatoms. The van der Waals surface area contributed by atoms with E-state index >= 15 is 0 Å². The number of likely N-dealkylation sites (tertiary alicyclic amines) is 1. The fourth-order valence-corrected chi connectivity index (χ4v) is 3.59. The van der Waals surface area contributed by atoms with Crippen LogP contribution in [0.25, 0.3) is 0 Å². The molecular formula is C25H55N5O. The first-order chi connectivity index (χ1) is 13.6. The van der Waals surface area contributed by atoms with Crippen molar-refractivity contribution in [2.75, 3.05) is 52.9 Å². The molecule has 1 aromatic rings. The maximum atomic E-state index is 5.12. The molecule has 0 amide bonds. The Hall–Kier alpha value is -0.980. The van der Waals surface area contributed by atoms with Crippen LogP contribution in [0.15, 0.2) is 4.42 Å². The van der Waals surface area contributed by atoms with Crippen molar-refractivity contribution in [3.05, 3.63) is 11.8 Å². The number of rotatable bonds is 4. The minimum atomic E-state index is 0. The highest BCUT2D eigenvalue weighted by Gasteiger charge is 2.18. The second-order valence-electron chi connectivity index (χ2n) is 9.79. The van der Waals surface area contributed by atoms with Crippen LogP contribution in [0.2, 0.25) is 0 Å². The molecular weight excluding hydrogens is 386 g/mol. The van der Waals surface area contributed by atoms with Crippen LogP contribution in [-0.2, 0) is 0 Å². The van der Waals surface area contributed by atoms with Gasteiger partial charge in [0.2, 0.25) is 11.8 Å². The normalized spacial score (nSPS) is 19.9. The Bertz CT molecular complexity index is 536. The third-order valence-corrected chi connectivity index (χ3v) is 5.44. The van der Waals surface area contributed by atoms with Crippen LogP contribution in [0.5, 0.6) is 0 Å². The first kappa shape index (κ1) is 32.2. The summed E-state index contributed by atoms with van der Waals surface area (Å²) in [5, 5.41) is 7.52. The molecule has 1 atom stereocenters. The number of hydrogen-bond acceptors (Lipinski definition) is 6. The van der Waals surface area contributed by atoms with E-state index in [0.717, 1.165) is 17.9 Å². The fourth-order valence-electron chi connectivity index (χ4n) is 3.59. The number of nitrogens with zero attached hydrogens (tertiary/aromatic N) is 5. The van der Waals surface area contributed by atoms with Crippen LogP contribution in [0.1, 0.15) is 87.4 Å². The molecule has 0 saturated carbocycles. The predicted molar refractivity (Wildman–Crippen MR) is 136 cm³/mol. The van der Waals surface area contributed by atoms with E-state index in [4.69, 9.17) is 4.42 Å². The summed E-state index contributed by atoms with van der Waals surface area (Å²) < 4.78 is 5.12. The molecule has 2 aliphatic rings. The average molecular weight is 442 g/mol. The Morgan fingerprint density at radius 2 is 1.52 bits per heavy atom. The summed E-state index contributed by atoms with van der Waals surface area (Å²) in [6, 6.07) is 0.730. The fraction of sp³-hybridized carbons (Fsp3) is 0.920. The molecule has 0 aromatic carbocycles. The average Bonchev–Trinajstić information content (AvgIpc) is 3.24. The molecule has 1 aromatic heterocycles. The van der Waals surface area contributed by atoms with Crippen LogP contribution in [0, 0.1) is 18.8 Å². The van der Waals surface area contributed by atoms with Gasteiger partial charge in [-0.3, -0.25) is 4.90 Å². The van der Waals surface area contributed by atoms with Gasteiger partial charge in [0.05, 0.1) is 0 Å². The Kier molecular flexibility index (Phi) is 17.3. The van der Waals surface area contributed by atoms with E-state index in [-0.39, 0.29) is 14.9 Å². The molecule has 6 nitrogen and oxygen atoms in total. The van der Waals surface area contributed by atoms with E-state index < -0.39 is 0 Å². The summed E-state index contributed by atoms with van der Waals surface area (Å²) in [6.07, 6.45) is 1.41. The summed E-state index contributed by atoms with van der Waals surface area (Å²) in [7, 11) is 2.19. The molecule has 2 aliphatic heterocycles. The van der Waals surface area contributed by atoms with Crippen molar-refractivity contribution in [1.29, 1.82) is 0 Å². The van der Waals surface area contributed by atoms with Crippen molar-refractivity contribution in [3.63, 3.8) is 0 Å². The highest BCUT2D eigenvalue weighted by Crippen LogP contribution is 2.15. The summed E-state index contributed by atoms with van der Waals surface area (Å²) in [6.45, 7) is 26.2. The minimum absolute atomic E-state index is 0. The highest BCUT2D eigenvalue weighted by atomic mass is 16.4. The van der Waals surface area contributed by atoms with Gasteiger partial charge in [0.1, 0.15) is 0 Å². The Labute approximate surface area is 194 Å². The first-order valence-electron chi connectivity index (χ1n) is 11.5. The van der Waals surface area contributed by atoms with Gasteiger partial charge in [-0.05, 0) is 45.7 Å². The van der Waals surface area contributed by atoms with Gasteiger partial charge < -0.3 is 14.2 Å². The largest absolute Gasteiger partial charge is 0.425 e. The van der Waals surface area contributed by atoms with Crippen molar-refractivity contribution in [3.8, 4) is 0 Å². The SMILES string of the molecule is C.C.CC(C)CN1CCC(C)C1.CC(C)N1CCN(C)CC1.Cc1nnc(C(C)C)o1. The van der Waals surface area contributed by atoms with Gasteiger partial charge in [-0.15, -0.1) is 10.2 Å². The zero-order chi connectivity index (χ0) is 22.0. The van der Waals surface area contributed by atoms with E-state index in [1.165, 1.54) is 52.2 Å². The Balaban J connectivity index is 0. The van der Waals surface area contributed by atoms with Crippen LogP contribution in [0.4, 0.5) is 0 Å². The van der Waals surface area contributed by atoms with Gasteiger partial charge in [0.15, 0.2) is 0 Å². The van der Waals surface area contributed by atoms with Crippen LogP contribution < -0.4 is 0 Å². The van der Waals surface area contributed by atoms with Crippen molar-refractivity contribution in [2.24, 2.45) is 11.8 Å². The molecule has 0 aliphatic carbocycles. The molecule has 0 N–H and O–H groups in total. The van der Waals surface area contributed by atoms with Crippen molar-refractivity contribution in [2.45, 2.75) is 88.6 Å². The third-order valence-electron chi connectivity index (χ3n) is 5.44. The molecule has 1 unspecified atom stereocenters. The van der Waals surface area contributed by atoms with Gasteiger partial charge in [-0.1, -0.05) is 49.5 Å². The first-order valence-corrected chi connectivity index (χ1v) is 11.5. The van der Waals surface area contributed by atoms with Crippen LogP contribution >= 0.6 is 0 Å². The van der Waals surface area contributed by atoms with Crippen molar-refractivity contribution < 1.29 is 4.42 Å². The van der Waals surface area contributed by atoms with Gasteiger partial charge in [-0.25, -0.2) is 0 Å². The number of piperazine rings is 1. The lowest BCUT2D eigenvalue weighted by atomic mass is 10.2. The zero-order valence-electron chi connectivity index (χ0n) is 20.6. The van der Waals surface area contributed by atoms with E-state index in [1.54, 1.807) is 6.92 Å². The Morgan fingerprint density at radius 3 is 1.84 bits per heavy atom. The summed E-state index contributed by atoms with van der Waals surface area (Å²) in [4.78, 5) is 7.49.